The fourth-order valence-electron chi connectivity index (χ4n) is 9.11. The summed E-state index contributed by atoms with van der Waals surface area (Å²) in [5.41, 5.74) is -0.150. The van der Waals surface area contributed by atoms with Crippen molar-refractivity contribution in [1.82, 2.24) is 31.9 Å². The third kappa shape index (κ3) is 25.8. The van der Waals surface area contributed by atoms with Crippen molar-refractivity contribution in [3.63, 3.8) is 0 Å². The van der Waals surface area contributed by atoms with Gasteiger partial charge in [0, 0.05) is 37.3 Å². The first-order chi connectivity index (χ1) is 40.0. The molecule has 1 aromatic carbocycles. The van der Waals surface area contributed by atoms with Gasteiger partial charge in [-0.3, -0.25) is 4.79 Å². The molecule has 0 unspecified atom stereocenters. The molecule has 6 amide bonds. The van der Waals surface area contributed by atoms with Gasteiger partial charge in [0.15, 0.2) is 12.6 Å². The monoisotopic (exact) mass is 1280 g/mol. The van der Waals surface area contributed by atoms with E-state index in [4.69, 9.17) is 42.6 Å². The molecule has 3 aliphatic rings. The van der Waals surface area contributed by atoms with Crippen molar-refractivity contribution >= 4 is 60.6 Å². The molecule has 13 N–H and O–H groups in total. The Bertz CT molecular complexity index is 2290. The second-order valence-corrected chi connectivity index (χ2v) is 43.5. The fraction of sp³-hybridized carbons (Fsp3) is 0.782. The van der Waals surface area contributed by atoms with Gasteiger partial charge in [0.2, 0.25) is 5.91 Å². The van der Waals surface area contributed by atoms with E-state index in [1.54, 1.807) is 32.9 Å². The lowest BCUT2D eigenvalue weighted by Crippen LogP contribution is -2.70. The molecule has 0 spiro atoms. The molecular formula is C55H98N6O22Si3. The van der Waals surface area contributed by atoms with Crippen LogP contribution in [0.15, 0.2) is 30.3 Å². The van der Waals surface area contributed by atoms with Gasteiger partial charge in [-0.15, -0.1) is 0 Å². The number of carbonyl (C=O) groups excluding carboxylic acids is 6. The number of hydrogen-bond acceptors (Lipinski definition) is 22. The van der Waals surface area contributed by atoms with Gasteiger partial charge in [0.1, 0.15) is 79.3 Å². The Morgan fingerprint density at radius 3 is 1.58 bits per heavy atom. The first-order valence-corrected chi connectivity index (χ1v) is 40.5. The molecule has 492 valence electrons. The summed E-state index contributed by atoms with van der Waals surface area (Å²) in [7, 11) is -5.13. The largest absolute Gasteiger partial charge is 0.450 e. The van der Waals surface area contributed by atoms with Crippen molar-refractivity contribution in [2.45, 2.75) is 234 Å². The summed E-state index contributed by atoms with van der Waals surface area (Å²) in [4.78, 5) is 79.6. The molecule has 1 aromatic rings. The van der Waals surface area contributed by atoms with E-state index in [1.807, 2.05) is 18.2 Å². The molecule has 4 rings (SSSR count). The Morgan fingerprint density at radius 1 is 0.581 bits per heavy atom. The highest BCUT2D eigenvalue weighted by Crippen LogP contribution is 2.34. The zero-order chi connectivity index (χ0) is 64.3. The zero-order valence-corrected chi connectivity index (χ0v) is 54.8. The van der Waals surface area contributed by atoms with Crippen LogP contribution in [0.3, 0.4) is 0 Å². The number of rotatable bonds is 28. The van der Waals surface area contributed by atoms with Crippen LogP contribution < -0.4 is 31.9 Å². The molecule has 86 heavy (non-hydrogen) atoms. The Kier molecular flexibility index (Phi) is 28.9. The predicted molar refractivity (Wildman–Crippen MR) is 319 cm³/mol. The van der Waals surface area contributed by atoms with E-state index < -0.39 is 177 Å². The quantitative estimate of drug-likeness (QED) is 0.0325. The molecule has 2 heterocycles. The predicted octanol–water partition coefficient (Wildman–Crippen LogP) is 2.17. The molecule has 0 bridgehead atoms. The molecule has 1 aliphatic carbocycles. The molecule has 16 atom stereocenters. The molecule has 2 aliphatic heterocycles. The number of carbonyl (C=O) groups is 6. The third-order valence-corrected chi connectivity index (χ3v) is 19.3. The summed E-state index contributed by atoms with van der Waals surface area (Å²) in [5.74, 6) is -0.781. The van der Waals surface area contributed by atoms with E-state index in [0.717, 1.165) is 5.56 Å². The first-order valence-electron chi connectivity index (χ1n) is 29.4. The van der Waals surface area contributed by atoms with Crippen molar-refractivity contribution in [2.24, 2.45) is 0 Å². The van der Waals surface area contributed by atoms with Crippen LogP contribution in [0.2, 0.25) is 77.1 Å². The normalized spacial score (nSPS) is 28.4. The Morgan fingerprint density at radius 2 is 1.08 bits per heavy atom. The van der Waals surface area contributed by atoms with E-state index in [1.165, 1.54) is 0 Å². The lowest BCUT2D eigenvalue weighted by atomic mass is 9.83. The highest BCUT2D eigenvalue weighted by Gasteiger charge is 2.54. The molecule has 3 fully saturated rings. The number of amides is 6. The van der Waals surface area contributed by atoms with E-state index >= 15 is 0 Å². The molecule has 28 nitrogen and oxygen atoms in total. The maximum atomic E-state index is 13.9. The summed E-state index contributed by atoms with van der Waals surface area (Å²) < 4.78 is 51.6. The summed E-state index contributed by atoms with van der Waals surface area (Å²) in [6.45, 7) is 22.4. The zero-order valence-electron chi connectivity index (χ0n) is 51.8. The van der Waals surface area contributed by atoms with E-state index in [2.05, 4.69) is 90.8 Å². The number of aliphatic hydroxyl groups excluding tert-OH is 7. The summed E-state index contributed by atoms with van der Waals surface area (Å²) in [5, 5.41) is 95.5. The number of aliphatic hydroxyl groups is 7. The lowest BCUT2D eigenvalue weighted by Gasteiger charge is -2.49. The van der Waals surface area contributed by atoms with Crippen LogP contribution in [-0.4, -0.2) is 239 Å². The van der Waals surface area contributed by atoms with Gasteiger partial charge in [0.05, 0.1) is 44.6 Å². The van der Waals surface area contributed by atoms with Gasteiger partial charge in [0.25, 0.3) is 0 Å². The minimum atomic E-state index is -2.08. The Balaban J connectivity index is 1.62. The van der Waals surface area contributed by atoms with Crippen LogP contribution in [0.5, 0.6) is 0 Å². The van der Waals surface area contributed by atoms with Crippen LogP contribution in [0.1, 0.15) is 52.0 Å². The topological polar surface area (TPSA) is 399 Å². The molecule has 2 saturated heterocycles. The van der Waals surface area contributed by atoms with Gasteiger partial charge >= 0.3 is 30.5 Å². The summed E-state index contributed by atoms with van der Waals surface area (Å²) in [6, 6.07) is 5.23. The number of unbranched alkanes of at least 4 members (excludes halogenated alkanes) is 1. The van der Waals surface area contributed by atoms with Crippen molar-refractivity contribution in [1.29, 1.82) is 0 Å². The van der Waals surface area contributed by atoms with Crippen LogP contribution in [-0.2, 0) is 54.0 Å². The van der Waals surface area contributed by atoms with Crippen molar-refractivity contribution < 1.29 is 107 Å². The van der Waals surface area contributed by atoms with Gasteiger partial charge in [-0.05, 0) is 70.2 Å². The average Bonchev–Trinajstić information content (AvgIpc) is 0.896. The van der Waals surface area contributed by atoms with Crippen molar-refractivity contribution in [3.8, 4) is 0 Å². The summed E-state index contributed by atoms with van der Waals surface area (Å²) >= 11 is 0. The van der Waals surface area contributed by atoms with E-state index in [-0.39, 0.29) is 45.8 Å². The fourth-order valence-corrected chi connectivity index (χ4v) is 11.3. The van der Waals surface area contributed by atoms with Gasteiger partial charge < -0.3 is 110 Å². The first kappa shape index (κ1) is 73.7. The van der Waals surface area contributed by atoms with Gasteiger partial charge in [-0.2, -0.15) is 0 Å². The van der Waals surface area contributed by atoms with Gasteiger partial charge in [-0.25, -0.2) is 24.0 Å². The highest BCUT2D eigenvalue weighted by atomic mass is 28.3. The second-order valence-electron chi connectivity index (χ2n) is 26.6. The molecule has 0 radical (unpaired) electrons. The molecular weight excluding hydrogens is 1180 g/mol. The van der Waals surface area contributed by atoms with E-state index in [0.29, 0.717) is 31.0 Å². The van der Waals surface area contributed by atoms with Crippen LogP contribution in [0, 0.1) is 0 Å². The average molecular weight is 1280 g/mol. The standard InChI is InChI=1S/C55H98N6O22Si3/c1-55(2,3)83-54(74)58-33(20-16-17-21-56-50(70)78-31-32-18-14-13-15-19-32)47(69)57-29-36-40(64)42(66)43(67)49(79-36)82-46-35(60-52(72)76-23-26-85(7,8)9)28-34(59-51(71)75-22-25-84(4,5)6)45(44(46)68)81-48-41(65)38(39(63)37(30-62)80-48)61-53(73)77-24-27-86(10,11)12/h13-15,18-19,33-46,48-49,62-68H,16-17,20-31H2,1-12H3,(H,56,70)(H,57,69)(H,58,74)(H,59,71)(H,60,72)(H,61,73)/t33-,34+,35-,36+,37+,38-,39+,40+,41+,42-,43+,44+,45-,46-,48-,49-/m0/s1. The van der Waals surface area contributed by atoms with Crippen LogP contribution in [0.25, 0.3) is 0 Å². The number of ether oxygens (including phenoxy) is 9. The minimum Gasteiger partial charge on any atom is -0.450 e. The third-order valence-electron chi connectivity index (χ3n) is 14.1. The molecule has 1 saturated carbocycles. The Labute approximate surface area is 506 Å². The maximum Gasteiger partial charge on any atom is 0.408 e. The summed E-state index contributed by atoms with van der Waals surface area (Å²) in [6.07, 6.45) is -26.4. The number of hydrogen-bond donors (Lipinski definition) is 13. The second kappa shape index (κ2) is 33.7. The maximum absolute atomic E-state index is 13.9. The van der Waals surface area contributed by atoms with Crippen LogP contribution >= 0.6 is 0 Å². The highest BCUT2D eigenvalue weighted by molar-refractivity contribution is 6.76. The number of alkyl carbamates (subject to hydrolysis) is 5. The molecule has 0 aromatic heterocycles. The SMILES string of the molecule is CC(C)(C)OC(=O)N[C@@H](CCCCNC(=O)OCc1ccccc1)C(=O)NC[C@H]1O[C@@H](O[C@@H]2[C@H](O)[C@@H](O[C@@H]3O[C@H](CO)[C@@H](O)[C@H](NC(=O)OCC[Si](C)(C)C)[C@H]3O)[C@H](NC(=O)OCC[Si](C)(C)C)C[C@@H]2NC(=O)OCC[Si](C)(C)C)[C@H](O)[C@@H](O)[C@@H]1O. The smallest absolute Gasteiger partial charge is 0.408 e. The Hall–Kier alpha value is -4.75. The van der Waals surface area contributed by atoms with Gasteiger partial charge in [-0.1, -0.05) is 89.3 Å². The lowest BCUT2D eigenvalue weighted by molar-refractivity contribution is -0.334. The van der Waals surface area contributed by atoms with Crippen molar-refractivity contribution in [3.05, 3.63) is 35.9 Å². The number of nitrogens with one attached hydrogen (secondary N) is 6. The van der Waals surface area contributed by atoms with E-state index in [9.17, 15) is 64.5 Å². The van der Waals surface area contributed by atoms with Crippen LogP contribution in [0.4, 0.5) is 24.0 Å². The molecule has 31 heteroatoms. The minimum absolute atomic E-state index is 0.00826. The number of benzene rings is 1. The van der Waals surface area contributed by atoms with Crippen molar-refractivity contribution in [2.75, 3.05) is 39.5 Å².